The van der Waals surface area contributed by atoms with Crippen molar-refractivity contribution in [2.75, 3.05) is 27.3 Å². The second-order valence-corrected chi connectivity index (χ2v) is 4.20. The van der Waals surface area contributed by atoms with Crippen molar-refractivity contribution in [3.8, 4) is 0 Å². The lowest BCUT2D eigenvalue weighted by molar-refractivity contribution is 0.321. The first-order valence-corrected chi connectivity index (χ1v) is 5.69. The van der Waals surface area contributed by atoms with E-state index < -0.39 is 0 Å². The fourth-order valence-corrected chi connectivity index (χ4v) is 2.00. The Morgan fingerprint density at radius 1 is 1.31 bits per heavy atom. The molecule has 0 saturated carbocycles. The van der Waals surface area contributed by atoms with Gasteiger partial charge in [-0.15, -0.1) is 0 Å². The van der Waals surface area contributed by atoms with E-state index in [2.05, 4.69) is 52.7 Å². The van der Waals surface area contributed by atoms with Gasteiger partial charge in [0.25, 0.3) is 0 Å². The highest BCUT2D eigenvalue weighted by atomic mass is 15.2. The number of hydrogen-bond acceptors (Lipinski definition) is 2. The highest BCUT2D eigenvalue weighted by molar-refractivity contribution is 5.83. The van der Waals surface area contributed by atoms with Crippen LogP contribution in [0.5, 0.6) is 0 Å². The lowest BCUT2D eigenvalue weighted by atomic mass is 10.1. The Bertz CT molecular complexity index is 447. The van der Waals surface area contributed by atoms with Crippen LogP contribution in [0, 0.1) is 0 Å². The molecule has 1 aromatic heterocycles. The van der Waals surface area contributed by atoms with Crippen LogP contribution in [0.3, 0.4) is 0 Å². The first-order valence-electron chi connectivity index (χ1n) is 5.69. The zero-order chi connectivity index (χ0) is 11.4. The normalized spacial score (nSPS) is 11.4. The molecule has 3 nitrogen and oxygen atoms in total. The van der Waals surface area contributed by atoms with Crippen LogP contribution in [-0.4, -0.2) is 37.2 Å². The summed E-state index contributed by atoms with van der Waals surface area (Å²) in [6.07, 6.45) is 3.21. The molecule has 2 aromatic rings. The quantitative estimate of drug-likeness (QED) is 0.749. The van der Waals surface area contributed by atoms with Crippen LogP contribution in [0.1, 0.15) is 5.56 Å². The molecule has 16 heavy (non-hydrogen) atoms. The fraction of sp³-hybridized carbons (Fsp3) is 0.385. The first kappa shape index (κ1) is 11.2. The Morgan fingerprint density at radius 2 is 2.12 bits per heavy atom. The lowest BCUT2D eigenvalue weighted by Gasteiger charge is -2.15. The number of nitrogens with one attached hydrogen (secondary N) is 2. The van der Waals surface area contributed by atoms with Gasteiger partial charge in [0.1, 0.15) is 0 Å². The Hall–Kier alpha value is -1.32. The molecule has 1 aromatic carbocycles. The molecule has 0 unspecified atom stereocenters. The minimum absolute atomic E-state index is 0.933. The van der Waals surface area contributed by atoms with E-state index in [4.69, 9.17) is 0 Å². The predicted octanol–water partition coefficient (Wildman–Crippen LogP) is 1.82. The molecule has 2 N–H and O–H groups in total. The summed E-state index contributed by atoms with van der Waals surface area (Å²) >= 11 is 0. The van der Waals surface area contributed by atoms with Crippen LogP contribution < -0.4 is 5.32 Å². The molecule has 0 saturated heterocycles. The summed E-state index contributed by atoms with van der Waals surface area (Å²) in [6.45, 7) is 2.01. The molecule has 0 fully saturated rings. The summed E-state index contributed by atoms with van der Waals surface area (Å²) in [7, 11) is 4.10. The Kier molecular flexibility index (Phi) is 3.59. The number of nitrogens with zero attached hydrogens (tertiary/aromatic N) is 1. The van der Waals surface area contributed by atoms with Crippen LogP contribution in [-0.2, 0) is 6.42 Å². The van der Waals surface area contributed by atoms with Crippen molar-refractivity contribution < 1.29 is 0 Å². The topological polar surface area (TPSA) is 31.1 Å². The number of rotatable bonds is 5. The van der Waals surface area contributed by atoms with Crippen molar-refractivity contribution in [2.45, 2.75) is 6.42 Å². The molecule has 0 spiro atoms. The molecule has 0 bridgehead atoms. The van der Waals surface area contributed by atoms with Gasteiger partial charge in [-0.2, -0.15) is 0 Å². The number of aromatic amines is 1. The summed E-state index contributed by atoms with van der Waals surface area (Å²) in [5.41, 5.74) is 2.63. The summed E-state index contributed by atoms with van der Waals surface area (Å²) < 4.78 is 0. The molecule has 2 rings (SSSR count). The predicted molar refractivity (Wildman–Crippen MR) is 68.6 cm³/mol. The van der Waals surface area contributed by atoms with Crippen LogP contribution in [0.4, 0.5) is 0 Å². The van der Waals surface area contributed by atoms with Crippen molar-refractivity contribution in [1.29, 1.82) is 0 Å². The first-order chi connectivity index (χ1) is 7.81. The Morgan fingerprint density at radius 3 is 2.94 bits per heavy atom. The molecule has 0 amide bonds. The highest BCUT2D eigenvalue weighted by Crippen LogP contribution is 2.17. The maximum absolute atomic E-state index is 3.31. The zero-order valence-corrected chi connectivity index (χ0v) is 9.96. The monoisotopic (exact) mass is 217 g/mol. The van der Waals surface area contributed by atoms with Crippen molar-refractivity contribution in [2.24, 2.45) is 0 Å². The number of aromatic nitrogens is 1. The SMILES string of the molecule is CNCN(C)CCc1c[nH]c2ccccc12. The molecule has 86 valence electrons. The van der Waals surface area contributed by atoms with Crippen molar-refractivity contribution in [3.63, 3.8) is 0 Å². The van der Waals surface area contributed by atoms with E-state index in [0.717, 1.165) is 19.6 Å². The Labute approximate surface area is 96.5 Å². The van der Waals surface area contributed by atoms with Gasteiger partial charge in [-0.3, -0.25) is 4.90 Å². The van der Waals surface area contributed by atoms with E-state index >= 15 is 0 Å². The van der Waals surface area contributed by atoms with E-state index in [1.54, 1.807) is 0 Å². The number of likely N-dealkylation sites (N-methyl/N-ethyl adjacent to an activating group) is 1. The molecule has 0 aliphatic rings. The number of para-hydroxylation sites is 1. The maximum atomic E-state index is 3.31. The van der Waals surface area contributed by atoms with Crippen molar-refractivity contribution in [3.05, 3.63) is 36.0 Å². The second kappa shape index (κ2) is 5.14. The number of fused-ring (bicyclic) bond motifs is 1. The van der Waals surface area contributed by atoms with Crippen LogP contribution in [0.25, 0.3) is 10.9 Å². The third-order valence-corrected chi connectivity index (χ3v) is 2.87. The van der Waals surface area contributed by atoms with Gasteiger partial charge in [-0.05, 0) is 32.1 Å². The maximum Gasteiger partial charge on any atom is 0.0475 e. The minimum atomic E-state index is 0.933. The highest BCUT2D eigenvalue weighted by Gasteiger charge is 2.03. The average Bonchev–Trinajstić information content (AvgIpc) is 2.70. The average molecular weight is 217 g/mol. The summed E-state index contributed by atoms with van der Waals surface area (Å²) in [4.78, 5) is 5.59. The van der Waals surface area contributed by atoms with Gasteiger partial charge >= 0.3 is 0 Å². The number of benzene rings is 1. The van der Waals surface area contributed by atoms with Gasteiger partial charge in [-0.1, -0.05) is 18.2 Å². The molecule has 3 heteroatoms. The lowest BCUT2D eigenvalue weighted by Crippen LogP contribution is -2.30. The van der Waals surface area contributed by atoms with Crippen LogP contribution >= 0.6 is 0 Å². The van der Waals surface area contributed by atoms with Crippen LogP contribution in [0.15, 0.2) is 30.5 Å². The molecule has 1 heterocycles. The van der Waals surface area contributed by atoms with Gasteiger partial charge in [0.2, 0.25) is 0 Å². The zero-order valence-electron chi connectivity index (χ0n) is 9.96. The minimum Gasteiger partial charge on any atom is -0.361 e. The molecule has 0 aliphatic heterocycles. The van der Waals surface area contributed by atoms with Gasteiger partial charge in [-0.25, -0.2) is 0 Å². The molecule has 0 atom stereocenters. The standard InChI is InChI=1S/C13H19N3/c1-14-10-16(2)8-7-11-9-15-13-6-4-3-5-12(11)13/h3-6,9,14-15H,7-8,10H2,1-2H3. The van der Waals surface area contributed by atoms with Crippen molar-refractivity contribution in [1.82, 2.24) is 15.2 Å². The number of H-pyrrole nitrogens is 1. The summed E-state index contributed by atoms with van der Waals surface area (Å²) in [5.74, 6) is 0. The smallest absolute Gasteiger partial charge is 0.0475 e. The summed E-state index contributed by atoms with van der Waals surface area (Å²) in [6, 6.07) is 8.46. The molecule has 0 aliphatic carbocycles. The fourth-order valence-electron chi connectivity index (χ4n) is 2.00. The van der Waals surface area contributed by atoms with Gasteiger partial charge in [0, 0.05) is 30.3 Å². The van der Waals surface area contributed by atoms with Gasteiger partial charge in [0.15, 0.2) is 0 Å². The second-order valence-electron chi connectivity index (χ2n) is 4.20. The van der Waals surface area contributed by atoms with Crippen molar-refractivity contribution >= 4 is 10.9 Å². The molecular formula is C13H19N3. The van der Waals surface area contributed by atoms with E-state index in [9.17, 15) is 0 Å². The molecular weight excluding hydrogens is 198 g/mol. The van der Waals surface area contributed by atoms with E-state index in [-0.39, 0.29) is 0 Å². The third-order valence-electron chi connectivity index (χ3n) is 2.87. The largest absolute Gasteiger partial charge is 0.361 e. The Balaban J connectivity index is 2.04. The summed E-state index contributed by atoms with van der Waals surface area (Å²) in [5, 5.41) is 4.50. The molecule has 0 radical (unpaired) electrons. The van der Waals surface area contributed by atoms with E-state index in [0.29, 0.717) is 0 Å². The van der Waals surface area contributed by atoms with Gasteiger partial charge < -0.3 is 10.3 Å². The van der Waals surface area contributed by atoms with Crippen LogP contribution in [0.2, 0.25) is 0 Å². The van der Waals surface area contributed by atoms with Gasteiger partial charge in [0.05, 0.1) is 0 Å². The third kappa shape index (κ3) is 2.43. The van der Waals surface area contributed by atoms with E-state index in [1.807, 2.05) is 7.05 Å². The number of hydrogen-bond donors (Lipinski definition) is 2. The van der Waals surface area contributed by atoms with E-state index in [1.165, 1.54) is 16.5 Å².